The molecule has 0 radical (unpaired) electrons. The molecule has 2 heterocycles. The van der Waals surface area contributed by atoms with Gasteiger partial charge in [-0.1, -0.05) is 19.1 Å². The molecule has 184 valence electrons. The Bertz CT molecular complexity index is 1240. The van der Waals surface area contributed by atoms with E-state index in [9.17, 15) is 9.59 Å². The van der Waals surface area contributed by atoms with Gasteiger partial charge in [-0.25, -0.2) is 4.79 Å². The van der Waals surface area contributed by atoms with Gasteiger partial charge in [0.05, 0.1) is 29.8 Å². The molecule has 1 aromatic heterocycles. The second kappa shape index (κ2) is 9.36. The number of carbonyl (C=O) groups excluding carboxylic acids is 1. The van der Waals surface area contributed by atoms with Gasteiger partial charge in [0.15, 0.2) is 0 Å². The quantitative estimate of drug-likeness (QED) is 0.462. The number of hydrogen-bond donors (Lipinski definition) is 1. The highest BCUT2D eigenvalue weighted by molar-refractivity contribution is 5.88. The van der Waals surface area contributed by atoms with Crippen LogP contribution in [0.5, 0.6) is 5.75 Å². The van der Waals surface area contributed by atoms with E-state index in [4.69, 9.17) is 19.7 Å². The zero-order valence-electron chi connectivity index (χ0n) is 20.3. The van der Waals surface area contributed by atoms with E-state index in [0.717, 1.165) is 67.6 Å². The summed E-state index contributed by atoms with van der Waals surface area (Å²) in [5.74, 6) is -0.130. The van der Waals surface area contributed by atoms with Crippen LogP contribution in [-0.4, -0.2) is 39.5 Å². The number of methoxy groups -OCH3 is 1. The molecule has 2 fully saturated rings. The Morgan fingerprint density at radius 3 is 2.60 bits per heavy atom. The Hall–Kier alpha value is -3.35. The number of benzene rings is 2. The SMILES string of the molecule is CCCn1nc(CC2CCC3(CC2)CC(c2ccc(C(=O)O)cc2)C(=O)O3)c2ccc(OC)cc21. The number of rotatable bonds is 7. The third-order valence-corrected chi connectivity index (χ3v) is 7.71. The average molecular weight is 477 g/mol. The number of carboxylic acids is 1. The van der Waals surface area contributed by atoms with Gasteiger partial charge in [-0.2, -0.15) is 5.10 Å². The lowest BCUT2D eigenvalue weighted by Gasteiger charge is -2.35. The van der Waals surface area contributed by atoms with Crippen molar-refractivity contribution in [3.63, 3.8) is 0 Å². The van der Waals surface area contributed by atoms with Crippen LogP contribution in [0.4, 0.5) is 0 Å². The minimum Gasteiger partial charge on any atom is -0.497 e. The smallest absolute Gasteiger partial charge is 0.335 e. The number of ether oxygens (including phenoxy) is 2. The molecule has 2 aromatic carbocycles. The van der Waals surface area contributed by atoms with Gasteiger partial charge in [0.2, 0.25) is 0 Å². The van der Waals surface area contributed by atoms with Crippen LogP contribution in [0.2, 0.25) is 0 Å². The third kappa shape index (κ3) is 4.51. The number of nitrogens with zero attached hydrogens (tertiary/aromatic N) is 2. The van der Waals surface area contributed by atoms with Gasteiger partial charge < -0.3 is 14.6 Å². The fourth-order valence-electron chi connectivity index (χ4n) is 5.76. The molecule has 5 rings (SSSR count). The van der Waals surface area contributed by atoms with Crippen LogP contribution in [0.25, 0.3) is 10.9 Å². The first-order valence-corrected chi connectivity index (χ1v) is 12.5. The van der Waals surface area contributed by atoms with Gasteiger partial charge in [-0.15, -0.1) is 0 Å². The fourth-order valence-corrected chi connectivity index (χ4v) is 5.76. The van der Waals surface area contributed by atoms with Crippen LogP contribution >= 0.6 is 0 Å². The Morgan fingerprint density at radius 2 is 1.94 bits per heavy atom. The van der Waals surface area contributed by atoms with E-state index in [2.05, 4.69) is 23.7 Å². The number of fused-ring (bicyclic) bond motifs is 1. The summed E-state index contributed by atoms with van der Waals surface area (Å²) in [4.78, 5) is 23.9. The molecule has 0 amide bonds. The van der Waals surface area contributed by atoms with Gasteiger partial charge >= 0.3 is 11.9 Å². The van der Waals surface area contributed by atoms with Crippen LogP contribution in [0.3, 0.4) is 0 Å². The second-order valence-electron chi connectivity index (χ2n) is 9.99. The Morgan fingerprint density at radius 1 is 1.20 bits per heavy atom. The molecule has 1 N–H and O–H groups in total. The molecule has 1 aliphatic heterocycles. The normalized spacial score (nSPS) is 24.1. The molecular formula is C28H32N2O5. The number of carbonyl (C=O) groups is 2. The third-order valence-electron chi connectivity index (χ3n) is 7.71. The van der Waals surface area contributed by atoms with Crippen molar-refractivity contribution in [3.8, 4) is 5.75 Å². The summed E-state index contributed by atoms with van der Waals surface area (Å²) in [5.41, 5.74) is 2.91. The molecule has 35 heavy (non-hydrogen) atoms. The standard InChI is InChI=1S/C28H32N2O5/c1-3-14-30-25-16-21(34-2)8-9-22(25)24(29-30)15-18-10-12-28(13-11-18)17-23(27(33)35-28)19-4-6-20(7-5-19)26(31)32/h4-9,16,18,23H,3,10-15,17H2,1-2H3,(H,31,32). The minimum absolute atomic E-state index is 0.190. The van der Waals surface area contributed by atoms with Gasteiger partial charge in [0.1, 0.15) is 11.4 Å². The zero-order valence-corrected chi connectivity index (χ0v) is 20.3. The summed E-state index contributed by atoms with van der Waals surface area (Å²) in [5, 5.41) is 15.3. The molecule has 1 spiro atoms. The summed E-state index contributed by atoms with van der Waals surface area (Å²) in [6.07, 6.45) is 6.31. The van der Waals surface area contributed by atoms with Gasteiger partial charge in [-0.3, -0.25) is 9.48 Å². The van der Waals surface area contributed by atoms with Gasteiger partial charge in [0.25, 0.3) is 0 Å². The summed E-state index contributed by atoms with van der Waals surface area (Å²) >= 11 is 0. The first-order valence-electron chi connectivity index (χ1n) is 12.5. The van der Waals surface area contributed by atoms with Crippen LogP contribution in [0, 0.1) is 5.92 Å². The van der Waals surface area contributed by atoms with E-state index in [-0.39, 0.29) is 17.5 Å². The van der Waals surface area contributed by atoms with Crippen molar-refractivity contribution in [2.24, 2.45) is 5.92 Å². The van der Waals surface area contributed by atoms with Gasteiger partial charge in [0, 0.05) is 24.4 Å². The van der Waals surface area contributed by atoms with Crippen molar-refractivity contribution in [3.05, 3.63) is 59.3 Å². The molecule has 2 aliphatic rings. The molecule has 1 atom stereocenters. The average Bonchev–Trinajstić information content (AvgIpc) is 3.37. The number of aromatic nitrogens is 2. The lowest BCUT2D eigenvalue weighted by molar-refractivity contribution is -0.152. The monoisotopic (exact) mass is 476 g/mol. The molecule has 0 bridgehead atoms. The molecule has 1 saturated heterocycles. The number of aryl methyl sites for hydroxylation is 1. The first-order chi connectivity index (χ1) is 16.9. The van der Waals surface area contributed by atoms with Crippen LogP contribution in [0.1, 0.15) is 73.0 Å². The van der Waals surface area contributed by atoms with Crippen molar-refractivity contribution in [2.45, 2.75) is 69.9 Å². The second-order valence-corrected chi connectivity index (χ2v) is 9.99. The number of carboxylic acid groups (broad SMARTS) is 1. The van der Waals surface area contributed by atoms with Crippen molar-refractivity contribution in [2.75, 3.05) is 7.11 Å². The number of aromatic carboxylic acids is 1. The highest BCUT2D eigenvalue weighted by Gasteiger charge is 2.48. The summed E-state index contributed by atoms with van der Waals surface area (Å²) in [6, 6.07) is 12.8. The summed E-state index contributed by atoms with van der Waals surface area (Å²) < 4.78 is 13.5. The van der Waals surface area contributed by atoms with Crippen molar-refractivity contribution in [1.82, 2.24) is 9.78 Å². The van der Waals surface area contributed by atoms with Crippen LogP contribution in [-0.2, 0) is 22.5 Å². The van der Waals surface area contributed by atoms with E-state index < -0.39 is 11.6 Å². The first kappa shape index (κ1) is 23.4. The summed E-state index contributed by atoms with van der Waals surface area (Å²) in [6.45, 7) is 3.03. The van der Waals surface area contributed by atoms with E-state index in [1.54, 1.807) is 31.4 Å². The highest BCUT2D eigenvalue weighted by Crippen LogP contribution is 2.47. The molecule has 7 heteroatoms. The van der Waals surface area contributed by atoms with E-state index in [1.165, 1.54) is 5.39 Å². The van der Waals surface area contributed by atoms with Gasteiger partial charge in [-0.05, 0) is 74.3 Å². The maximum Gasteiger partial charge on any atom is 0.335 e. The molecule has 7 nitrogen and oxygen atoms in total. The molecule has 1 saturated carbocycles. The predicted molar refractivity (Wildman–Crippen MR) is 132 cm³/mol. The summed E-state index contributed by atoms with van der Waals surface area (Å²) in [7, 11) is 1.69. The van der Waals surface area contributed by atoms with E-state index in [1.807, 2.05) is 6.07 Å². The Kier molecular flexibility index (Phi) is 6.26. The minimum atomic E-state index is -0.966. The molecule has 1 aliphatic carbocycles. The molecule has 3 aromatic rings. The predicted octanol–water partition coefficient (Wildman–Crippen LogP) is 5.36. The van der Waals surface area contributed by atoms with E-state index >= 15 is 0 Å². The van der Waals surface area contributed by atoms with Crippen molar-refractivity contribution in [1.29, 1.82) is 0 Å². The Labute approximate surface area is 205 Å². The lowest BCUT2D eigenvalue weighted by Crippen LogP contribution is -2.34. The van der Waals surface area contributed by atoms with Crippen molar-refractivity contribution >= 4 is 22.8 Å². The lowest BCUT2D eigenvalue weighted by atomic mass is 9.74. The number of esters is 1. The zero-order chi connectivity index (χ0) is 24.6. The molecule has 1 unspecified atom stereocenters. The molecular weight excluding hydrogens is 444 g/mol. The largest absolute Gasteiger partial charge is 0.497 e. The Balaban J connectivity index is 1.26. The van der Waals surface area contributed by atoms with Crippen LogP contribution < -0.4 is 4.74 Å². The fraction of sp³-hybridized carbons (Fsp3) is 0.464. The topological polar surface area (TPSA) is 90.7 Å². The maximum absolute atomic E-state index is 12.7. The van der Waals surface area contributed by atoms with E-state index in [0.29, 0.717) is 12.3 Å². The highest BCUT2D eigenvalue weighted by atomic mass is 16.6. The number of hydrogen-bond acceptors (Lipinski definition) is 5. The van der Waals surface area contributed by atoms with Crippen molar-refractivity contribution < 1.29 is 24.2 Å². The van der Waals surface area contributed by atoms with Crippen LogP contribution in [0.15, 0.2) is 42.5 Å². The maximum atomic E-state index is 12.7.